The van der Waals surface area contributed by atoms with Gasteiger partial charge in [0.25, 0.3) is 0 Å². The molecule has 0 aromatic heterocycles. The maximum Gasteiger partial charge on any atom is 0.237 e. The van der Waals surface area contributed by atoms with Gasteiger partial charge in [-0.2, -0.15) is 0 Å². The average Bonchev–Trinajstić information content (AvgIpc) is 2.06. The Kier molecular flexibility index (Phi) is 3.44. The third kappa shape index (κ3) is 2.71. The summed E-state index contributed by atoms with van der Waals surface area (Å²) in [6.07, 6.45) is 0. The highest BCUT2D eigenvalue weighted by atomic mass is 16.2. The zero-order chi connectivity index (χ0) is 11.8. The summed E-state index contributed by atoms with van der Waals surface area (Å²) in [5, 5.41) is 0. The fraction of sp³-hybridized carbons (Fsp3) is 0.917. The van der Waals surface area contributed by atoms with Crippen molar-refractivity contribution in [3.05, 3.63) is 0 Å². The summed E-state index contributed by atoms with van der Waals surface area (Å²) in [6, 6.07) is 0.910. The molecule has 1 heterocycles. The molecule has 88 valence electrons. The molecule has 3 nitrogen and oxygen atoms in total. The molecule has 0 aromatic carbocycles. The van der Waals surface area contributed by atoms with E-state index in [1.165, 1.54) is 0 Å². The molecule has 0 bridgehead atoms. The van der Waals surface area contributed by atoms with Crippen LogP contribution in [0.2, 0.25) is 0 Å². The highest BCUT2D eigenvalue weighted by molar-refractivity contribution is 5.80. The molecular formula is C12H24N2O. The molecule has 15 heavy (non-hydrogen) atoms. The summed E-state index contributed by atoms with van der Waals surface area (Å²) in [7, 11) is 0. The SMILES string of the molecule is CC(C)N1CC(=O)N(C(C)(C)C)C[C@@H]1C. The second-order valence-corrected chi connectivity index (χ2v) is 5.79. The maximum absolute atomic E-state index is 12.0. The van der Waals surface area contributed by atoms with Crippen LogP contribution in [-0.2, 0) is 4.79 Å². The van der Waals surface area contributed by atoms with Gasteiger partial charge in [0.1, 0.15) is 0 Å². The molecule has 1 amide bonds. The van der Waals surface area contributed by atoms with E-state index in [4.69, 9.17) is 0 Å². The highest BCUT2D eigenvalue weighted by Crippen LogP contribution is 2.21. The Labute approximate surface area is 93.4 Å². The van der Waals surface area contributed by atoms with Crippen molar-refractivity contribution < 1.29 is 4.79 Å². The molecule has 1 fully saturated rings. The van der Waals surface area contributed by atoms with Crippen LogP contribution in [0.3, 0.4) is 0 Å². The summed E-state index contributed by atoms with van der Waals surface area (Å²) in [5.41, 5.74) is -0.0472. The average molecular weight is 212 g/mol. The van der Waals surface area contributed by atoms with Crippen LogP contribution >= 0.6 is 0 Å². The minimum atomic E-state index is -0.0472. The normalized spacial score (nSPS) is 25.1. The van der Waals surface area contributed by atoms with Gasteiger partial charge in [-0.05, 0) is 41.5 Å². The molecule has 0 spiro atoms. The largest absolute Gasteiger partial charge is 0.335 e. The predicted molar refractivity (Wildman–Crippen MR) is 62.8 cm³/mol. The molecule has 0 aliphatic carbocycles. The van der Waals surface area contributed by atoms with Crippen molar-refractivity contribution in [1.82, 2.24) is 9.80 Å². The molecule has 0 aromatic rings. The van der Waals surface area contributed by atoms with Crippen LogP contribution in [0.5, 0.6) is 0 Å². The van der Waals surface area contributed by atoms with E-state index < -0.39 is 0 Å². The first-order valence-electron chi connectivity index (χ1n) is 5.79. The lowest BCUT2D eigenvalue weighted by Gasteiger charge is -2.46. The van der Waals surface area contributed by atoms with Gasteiger partial charge in [-0.1, -0.05) is 0 Å². The van der Waals surface area contributed by atoms with E-state index in [1.54, 1.807) is 0 Å². The van der Waals surface area contributed by atoms with Gasteiger partial charge in [-0.15, -0.1) is 0 Å². The van der Waals surface area contributed by atoms with Crippen molar-refractivity contribution in [2.24, 2.45) is 0 Å². The van der Waals surface area contributed by atoms with Gasteiger partial charge in [0.2, 0.25) is 5.91 Å². The molecular weight excluding hydrogens is 188 g/mol. The lowest BCUT2D eigenvalue weighted by atomic mass is 10.0. The number of carbonyl (C=O) groups excluding carboxylic acids is 1. The third-order valence-electron chi connectivity index (χ3n) is 3.10. The Morgan fingerprint density at radius 3 is 2.27 bits per heavy atom. The first-order valence-corrected chi connectivity index (χ1v) is 5.79. The Morgan fingerprint density at radius 1 is 1.33 bits per heavy atom. The van der Waals surface area contributed by atoms with Crippen molar-refractivity contribution in [1.29, 1.82) is 0 Å². The molecule has 3 heteroatoms. The molecule has 1 rings (SSSR count). The fourth-order valence-corrected chi connectivity index (χ4v) is 2.21. The number of rotatable bonds is 1. The minimum absolute atomic E-state index is 0.0472. The van der Waals surface area contributed by atoms with E-state index in [9.17, 15) is 4.79 Å². The van der Waals surface area contributed by atoms with Gasteiger partial charge in [0.15, 0.2) is 0 Å². The molecule has 1 aliphatic heterocycles. The molecule has 1 aliphatic rings. The van der Waals surface area contributed by atoms with Crippen LogP contribution in [-0.4, -0.2) is 46.4 Å². The molecule has 1 saturated heterocycles. The van der Waals surface area contributed by atoms with Crippen molar-refractivity contribution in [2.75, 3.05) is 13.1 Å². The minimum Gasteiger partial charge on any atom is -0.335 e. The van der Waals surface area contributed by atoms with Crippen LogP contribution < -0.4 is 0 Å². The molecule has 1 atom stereocenters. The standard InChI is InChI=1S/C12H24N2O/c1-9(2)13-8-11(15)14(7-10(13)3)12(4,5)6/h9-10H,7-8H2,1-6H3/t10-/m0/s1. The second kappa shape index (κ2) is 4.12. The molecule has 0 N–H and O–H groups in total. The zero-order valence-electron chi connectivity index (χ0n) is 10.9. The van der Waals surface area contributed by atoms with E-state index in [-0.39, 0.29) is 11.4 Å². The van der Waals surface area contributed by atoms with Gasteiger partial charge in [0, 0.05) is 24.2 Å². The van der Waals surface area contributed by atoms with E-state index in [2.05, 4.69) is 46.4 Å². The number of amides is 1. The summed E-state index contributed by atoms with van der Waals surface area (Å²) >= 11 is 0. The molecule has 0 radical (unpaired) electrons. The van der Waals surface area contributed by atoms with E-state index in [0.717, 1.165) is 6.54 Å². The summed E-state index contributed by atoms with van der Waals surface area (Å²) < 4.78 is 0. The maximum atomic E-state index is 12.0. The van der Waals surface area contributed by atoms with Gasteiger partial charge in [-0.25, -0.2) is 0 Å². The number of carbonyl (C=O) groups is 1. The monoisotopic (exact) mass is 212 g/mol. The summed E-state index contributed by atoms with van der Waals surface area (Å²) in [5.74, 6) is 0.259. The lowest BCUT2D eigenvalue weighted by molar-refractivity contribution is -0.145. The molecule has 0 saturated carbocycles. The third-order valence-corrected chi connectivity index (χ3v) is 3.10. The Hall–Kier alpha value is -0.570. The number of nitrogens with zero attached hydrogens (tertiary/aromatic N) is 2. The Morgan fingerprint density at radius 2 is 1.87 bits per heavy atom. The number of hydrogen-bond donors (Lipinski definition) is 0. The van der Waals surface area contributed by atoms with Crippen LogP contribution in [0, 0.1) is 0 Å². The smallest absolute Gasteiger partial charge is 0.237 e. The fourth-order valence-electron chi connectivity index (χ4n) is 2.21. The van der Waals surface area contributed by atoms with Crippen LogP contribution in [0.1, 0.15) is 41.5 Å². The van der Waals surface area contributed by atoms with Crippen molar-refractivity contribution in [2.45, 2.75) is 59.2 Å². The van der Waals surface area contributed by atoms with Crippen molar-refractivity contribution in [3.8, 4) is 0 Å². The highest BCUT2D eigenvalue weighted by Gasteiger charge is 2.35. The van der Waals surface area contributed by atoms with Crippen LogP contribution in [0.25, 0.3) is 0 Å². The van der Waals surface area contributed by atoms with Crippen LogP contribution in [0.15, 0.2) is 0 Å². The second-order valence-electron chi connectivity index (χ2n) is 5.79. The van der Waals surface area contributed by atoms with E-state index in [0.29, 0.717) is 18.6 Å². The van der Waals surface area contributed by atoms with E-state index >= 15 is 0 Å². The van der Waals surface area contributed by atoms with Crippen LogP contribution in [0.4, 0.5) is 0 Å². The summed E-state index contributed by atoms with van der Waals surface area (Å²) in [6.45, 7) is 14.2. The zero-order valence-corrected chi connectivity index (χ0v) is 10.9. The number of hydrogen-bond acceptors (Lipinski definition) is 2. The first kappa shape index (κ1) is 12.5. The Bertz CT molecular complexity index is 242. The van der Waals surface area contributed by atoms with Crippen molar-refractivity contribution in [3.63, 3.8) is 0 Å². The van der Waals surface area contributed by atoms with Gasteiger partial charge >= 0.3 is 0 Å². The topological polar surface area (TPSA) is 23.6 Å². The predicted octanol–water partition coefficient (Wildman–Crippen LogP) is 1.73. The number of piperazine rings is 1. The van der Waals surface area contributed by atoms with Gasteiger partial charge in [0.05, 0.1) is 6.54 Å². The lowest BCUT2D eigenvalue weighted by Crippen LogP contribution is -2.61. The first-order chi connectivity index (χ1) is 6.73. The molecule has 0 unspecified atom stereocenters. The summed E-state index contributed by atoms with van der Waals surface area (Å²) in [4.78, 5) is 16.3. The van der Waals surface area contributed by atoms with Gasteiger partial charge in [-0.3, -0.25) is 9.69 Å². The quantitative estimate of drug-likeness (QED) is 0.661. The van der Waals surface area contributed by atoms with E-state index in [1.807, 2.05) is 4.90 Å². The van der Waals surface area contributed by atoms with Crippen molar-refractivity contribution >= 4 is 5.91 Å². The Balaban J connectivity index is 2.76. The van der Waals surface area contributed by atoms with Gasteiger partial charge < -0.3 is 4.90 Å².